The van der Waals surface area contributed by atoms with Crippen LogP contribution in [0.3, 0.4) is 0 Å². The zero-order chi connectivity index (χ0) is 17.8. The number of nitrogens with zero attached hydrogens (tertiary/aromatic N) is 3. The summed E-state index contributed by atoms with van der Waals surface area (Å²) in [6.45, 7) is 4.37. The van der Waals surface area contributed by atoms with Gasteiger partial charge in [0.05, 0.1) is 0 Å². The van der Waals surface area contributed by atoms with E-state index in [2.05, 4.69) is 16.8 Å². The van der Waals surface area contributed by atoms with E-state index in [0.717, 1.165) is 22.1 Å². The molecule has 0 aliphatic rings. The van der Waals surface area contributed by atoms with Gasteiger partial charge in [-0.3, -0.25) is 4.57 Å². The summed E-state index contributed by atoms with van der Waals surface area (Å²) in [4.78, 5) is 0. The Morgan fingerprint density at radius 2 is 1.88 bits per heavy atom. The van der Waals surface area contributed by atoms with Crippen LogP contribution in [0.4, 0.5) is 4.39 Å². The van der Waals surface area contributed by atoms with Gasteiger partial charge in [0.25, 0.3) is 0 Å². The molecule has 128 valence electrons. The zero-order valence-electron chi connectivity index (χ0n) is 13.1. The first-order valence-electron chi connectivity index (χ1n) is 7.45. The largest absolute Gasteiger partial charge is 0.298 e. The van der Waals surface area contributed by atoms with Crippen molar-refractivity contribution in [1.82, 2.24) is 14.8 Å². The summed E-state index contributed by atoms with van der Waals surface area (Å²) in [7, 11) is 0. The number of rotatable bonds is 6. The van der Waals surface area contributed by atoms with Crippen LogP contribution in [-0.4, -0.2) is 14.8 Å². The number of benzene rings is 2. The predicted octanol–water partition coefficient (Wildman–Crippen LogP) is 5.87. The van der Waals surface area contributed by atoms with E-state index in [4.69, 9.17) is 23.2 Å². The molecule has 0 amide bonds. The molecule has 2 aromatic carbocycles. The summed E-state index contributed by atoms with van der Waals surface area (Å²) in [5, 5.41) is 10.4. The Morgan fingerprint density at radius 3 is 2.56 bits per heavy atom. The van der Waals surface area contributed by atoms with Crippen LogP contribution < -0.4 is 0 Å². The van der Waals surface area contributed by atoms with E-state index in [1.807, 2.05) is 28.8 Å². The molecular weight excluding hydrogens is 380 g/mol. The topological polar surface area (TPSA) is 30.7 Å². The summed E-state index contributed by atoms with van der Waals surface area (Å²) in [5.41, 5.74) is 1.76. The van der Waals surface area contributed by atoms with Gasteiger partial charge in [0.1, 0.15) is 5.82 Å². The van der Waals surface area contributed by atoms with Crippen molar-refractivity contribution >= 4 is 35.0 Å². The fourth-order valence-electron chi connectivity index (χ4n) is 2.28. The Morgan fingerprint density at radius 1 is 1.12 bits per heavy atom. The van der Waals surface area contributed by atoms with E-state index in [0.29, 0.717) is 22.3 Å². The van der Waals surface area contributed by atoms with E-state index in [-0.39, 0.29) is 5.82 Å². The van der Waals surface area contributed by atoms with Gasteiger partial charge in [0.2, 0.25) is 0 Å². The van der Waals surface area contributed by atoms with E-state index in [1.165, 1.54) is 23.9 Å². The number of allylic oxidation sites excluding steroid dienone is 1. The molecule has 7 heteroatoms. The Hall–Kier alpha value is -1.82. The summed E-state index contributed by atoms with van der Waals surface area (Å²) >= 11 is 13.5. The molecule has 0 radical (unpaired) electrons. The molecule has 0 fully saturated rings. The lowest BCUT2D eigenvalue weighted by Crippen LogP contribution is -2.00. The molecule has 0 aliphatic carbocycles. The smallest absolute Gasteiger partial charge is 0.192 e. The third-order valence-electron chi connectivity index (χ3n) is 3.50. The number of aromatic nitrogens is 3. The minimum absolute atomic E-state index is 0.349. The summed E-state index contributed by atoms with van der Waals surface area (Å²) in [5.74, 6) is 0.956. The van der Waals surface area contributed by atoms with Gasteiger partial charge < -0.3 is 0 Å². The average molecular weight is 394 g/mol. The zero-order valence-corrected chi connectivity index (χ0v) is 15.5. The highest BCUT2D eigenvalue weighted by atomic mass is 35.5. The quantitative estimate of drug-likeness (QED) is 0.387. The molecule has 3 rings (SSSR count). The third-order valence-corrected chi connectivity index (χ3v) is 5.12. The molecule has 0 bridgehead atoms. The number of hydrogen-bond donors (Lipinski definition) is 0. The van der Waals surface area contributed by atoms with Crippen LogP contribution in [0.15, 0.2) is 60.3 Å². The fourth-order valence-corrected chi connectivity index (χ4v) is 3.67. The maximum atomic E-state index is 13.2. The van der Waals surface area contributed by atoms with Crippen molar-refractivity contribution in [3.63, 3.8) is 0 Å². The molecule has 3 aromatic rings. The molecule has 0 N–H and O–H groups in total. The summed E-state index contributed by atoms with van der Waals surface area (Å²) in [6, 6.07) is 11.8. The van der Waals surface area contributed by atoms with Gasteiger partial charge in [-0.05, 0) is 42.0 Å². The Kier molecular flexibility index (Phi) is 5.78. The van der Waals surface area contributed by atoms with Crippen LogP contribution in [0.1, 0.15) is 5.56 Å². The summed E-state index contributed by atoms with van der Waals surface area (Å²) < 4.78 is 15.1. The van der Waals surface area contributed by atoms with Crippen LogP contribution in [0, 0.1) is 5.82 Å². The normalized spacial score (nSPS) is 10.8. The molecule has 0 unspecified atom stereocenters. The number of hydrogen-bond acceptors (Lipinski definition) is 3. The third kappa shape index (κ3) is 4.24. The lowest BCUT2D eigenvalue weighted by Gasteiger charge is -2.08. The molecule has 0 saturated carbocycles. The Bertz CT molecular complexity index is 894. The van der Waals surface area contributed by atoms with Gasteiger partial charge in [-0.1, -0.05) is 47.1 Å². The van der Waals surface area contributed by atoms with Crippen molar-refractivity contribution in [2.45, 2.75) is 17.5 Å². The van der Waals surface area contributed by atoms with Crippen molar-refractivity contribution in [1.29, 1.82) is 0 Å². The lowest BCUT2D eigenvalue weighted by atomic mass is 10.2. The van der Waals surface area contributed by atoms with Gasteiger partial charge in [-0.25, -0.2) is 4.39 Å². The molecule has 25 heavy (non-hydrogen) atoms. The highest BCUT2D eigenvalue weighted by molar-refractivity contribution is 7.98. The first-order chi connectivity index (χ1) is 12.1. The fraction of sp³-hybridized carbons (Fsp3) is 0.111. The van der Waals surface area contributed by atoms with Crippen LogP contribution >= 0.6 is 35.0 Å². The van der Waals surface area contributed by atoms with E-state index < -0.39 is 0 Å². The van der Waals surface area contributed by atoms with Gasteiger partial charge in [-0.15, -0.1) is 16.8 Å². The monoisotopic (exact) mass is 393 g/mol. The highest BCUT2D eigenvalue weighted by Gasteiger charge is 2.14. The van der Waals surface area contributed by atoms with Gasteiger partial charge in [0, 0.05) is 27.9 Å². The van der Waals surface area contributed by atoms with Crippen molar-refractivity contribution in [2.24, 2.45) is 0 Å². The number of halogens is 3. The minimum atomic E-state index is -0.349. The number of thioether (sulfide) groups is 1. The Labute approximate surface area is 159 Å². The van der Waals surface area contributed by atoms with Crippen LogP contribution in [0.25, 0.3) is 11.4 Å². The van der Waals surface area contributed by atoms with E-state index >= 15 is 0 Å². The molecule has 1 heterocycles. The SMILES string of the molecule is C=CCn1c(SCc2ccc(F)cc2Cl)nnc1-c1ccc(Cl)cc1. The predicted molar refractivity (Wildman–Crippen MR) is 102 cm³/mol. The second kappa shape index (κ2) is 8.04. The van der Waals surface area contributed by atoms with E-state index in [9.17, 15) is 4.39 Å². The molecule has 3 nitrogen and oxygen atoms in total. The average Bonchev–Trinajstić information content (AvgIpc) is 2.98. The van der Waals surface area contributed by atoms with Crippen molar-refractivity contribution in [3.8, 4) is 11.4 Å². The highest BCUT2D eigenvalue weighted by Crippen LogP contribution is 2.29. The molecule has 0 aliphatic heterocycles. The van der Waals surface area contributed by atoms with Crippen molar-refractivity contribution in [2.75, 3.05) is 0 Å². The van der Waals surface area contributed by atoms with Gasteiger partial charge in [0.15, 0.2) is 11.0 Å². The maximum Gasteiger partial charge on any atom is 0.192 e. The van der Waals surface area contributed by atoms with Crippen molar-refractivity contribution in [3.05, 3.63) is 76.5 Å². The molecule has 0 spiro atoms. The van der Waals surface area contributed by atoms with Crippen LogP contribution in [-0.2, 0) is 12.3 Å². The molecule has 0 atom stereocenters. The molecule has 1 aromatic heterocycles. The first-order valence-corrected chi connectivity index (χ1v) is 9.19. The summed E-state index contributed by atoms with van der Waals surface area (Å²) in [6.07, 6.45) is 1.79. The second-order valence-electron chi connectivity index (χ2n) is 5.24. The van der Waals surface area contributed by atoms with Crippen LogP contribution in [0.5, 0.6) is 0 Å². The minimum Gasteiger partial charge on any atom is -0.298 e. The molecular formula is C18H14Cl2FN3S. The maximum absolute atomic E-state index is 13.2. The molecule has 0 saturated heterocycles. The van der Waals surface area contributed by atoms with E-state index in [1.54, 1.807) is 12.1 Å². The second-order valence-corrected chi connectivity index (χ2v) is 7.02. The Balaban J connectivity index is 1.86. The van der Waals surface area contributed by atoms with Gasteiger partial charge >= 0.3 is 0 Å². The first kappa shape index (κ1) is 18.0. The van der Waals surface area contributed by atoms with Crippen LogP contribution in [0.2, 0.25) is 10.0 Å². The lowest BCUT2D eigenvalue weighted by molar-refractivity contribution is 0.627. The van der Waals surface area contributed by atoms with Crippen molar-refractivity contribution < 1.29 is 4.39 Å². The van der Waals surface area contributed by atoms with Gasteiger partial charge in [-0.2, -0.15) is 0 Å². The standard InChI is InChI=1S/C18H14Cl2FN3S/c1-2-9-24-17(12-3-6-14(19)7-4-12)22-23-18(24)25-11-13-5-8-15(21)10-16(13)20/h2-8,10H,1,9,11H2.